The Morgan fingerprint density at radius 1 is 1.20 bits per heavy atom. The SMILES string of the molecule is CCOC(=O)CN/C=C(\N=N)c1cccc(C(=O)N2CCC[C@H]2C(=O)NCc2ccc(Cl)cc2)c1. The van der Waals surface area contributed by atoms with Crippen LogP contribution >= 0.6 is 11.6 Å². The van der Waals surface area contributed by atoms with Crippen molar-refractivity contribution in [2.24, 2.45) is 5.11 Å². The molecule has 1 fully saturated rings. The van der Waals surface area contributed by atoms with Gasteiger partial charge in [-0.3, -0.25) is 14.4 Å². The number of esters is 1. The highest BCUT2D eigenvalue weighted by Gasteiger charge is 2.34. The van der Waals surface area contributed by atoms with Crippen LogP contribution in [0, 0.1) is 5.53 Å². The molecular weight excluding hydrogens is 470 g/mol. The lowest BCUT2D eigenvalue weighted by molar-refractivity contribution is -0.141. The molecule has 0 radical (unpaired) electrons. The maximum absolute atomic E-state index is 13.3. The van der Waals surface area contributed by atoms with Crippen molar-refractivity contribution in [1.29, 1.82) is 5.53 Å². The lowest BCUT2D eigenvalue weighted by Gasteiger charge is -2.24. The minimum absolute atomic E-state index is 0.0634. The fourth-order valence-corrected chi connectivity index (χ4v) is 3.92. The van der Waals surface area contributed by atoms with Crippen molar-refractivity contribution in [3.05, 3.63) is 76.4 Å². The number of nitrogens with one attached hydrogen (secondary N) is 3. The Labute approximate surface area is 209 Å². The molecule has 1 heterocycles. The van der Waals surface area contributed by atoms with Crippen molar-refractivity contribution >= 4 is 35.1 Å². The van der Waals surface area contributed by atoms with E-state index in [1.54, 1.807) is 48.2 Å². The van der Waals surface area contributed by atoms with E-state index < -0.39 is 12.0 Å². The van der Waals surface area contributed by atoms with Gasteiger partial charge in [-0.25, -0.2) is 5.53 Å². The molecule has 184 valence electrons. The van der Waals surface area contributed by atoms with E-state index in [0.29, 0.717) is 35.7 Å². The molecule has 1 aliphatic heterocycles. The van der Waals surface area contributed by atoms with Crippen LogP contribution in [-0.4, -0.2) is 48.4 Å². The zero-order chi connectivity index (χ0) is 25.2. The van der Waals surface area contributed by atoms with Crippen LogP contribution in [0.2, 0.25) is 5.02 Å². The second-order valence-corrected chi connectivity index (χ2v) is 8.35. The highest BCUT2D eigenvalue weighted by molar-refractivity contribution is 6.30. The molecule has 2 amide bonds. The third-order valence-corrected chi connectivity index (χ3v) is 5.76. The summed E-state index contributed by atoms with van der Waals surface area (Å²) in [5.41, 5.74) is 9.56. The second-order valence-electron chi connectivity index (χ2n) is 7.91. The molecule has 0 saturated carbocycles. The number of nitrogens with zero attached hydrogens (tertiary/aromatic N) is 2. The number of carbonyl (C=O) groups is 3. The van der Waals surface area contributed by atoms with Crippen LogP contribution in [0.1, 0.15) is 41.3 Å². The van der Waals surface area contributed by atoms with Gasteiger partial charge in [-0.2, -0.15) is 5.11 Å². The van der Waals surface area contributed by atoms with Crippen molar-refractivity contribution in [3.63, 3.8) is 0 Å². The third kappa shape index (κ3) is 7.13. The molecule has 0 bridgehead atoms. The molecule has 0 spiro atoms. The van der Waals surface area contributed by atoms with Gasteiger partial charge in [0.25, 0.3) is 5.91 Å². The Morgan fingerprint density at radius 2 is 1.94 bits per heavy atom. The van der Waals surface area contributed by atoms with E-state index in [2.05, 4.69) is 15.7 Å². The van der Waals surface area contributed by atoms with Crippen LogP contribution in [0.3, 0.4) is 0 Å². The van der Waals surface area contributed by atoms with Gasteiger partial charge in [-0.1, -0.05) is 35.9 Å². The van der Waals surface area contributed by atoms with E-state index in [9.17, 15) is 14.4 Å². The number of hydrogen-bond donors (Lipinski definition) is 3. The molecule has 0 unspecified atom stereocenters. The first-order chi connectivity index (χ1) is 16.9. The van der Waals surface area contributed by atoms with Crippen LogP contribution in [0.15, 0.2) is 59.8 Å². The average Bonchev–Trinajstić information content (AvgIpc) is 3.36. The average molecular weight is 498 g/mol. The van der Waals surface area contributed by atoms with Gasteiger partial charge in [0.05, 0.1) is 6.61 Å². The van der Waals surface area contributed by atoms with Crippen molar-refractivity contribution in [3.8, 4) is 0 Å². The van der Waals surface area contributed by atoms with Gasteiger partial charge in [-0.15, -0.1) is 0 Å². The van der Waals surface area contributed by atoms with Gasteiger partial charge in [0.2, 0.25) is 5.91 Å². The van der Waals surface area contributed by atoms with Crippen molar-refractivity contribution in [2.45, 2.75) is 32.4 Å². The zero-order valence-electron chi connectivity index (χ0n) is 19.4. The van der Waals surface area contributed by atoms with Crippen LogP contribution in [0.25, 0.3) is 5.70 Å². The largest absolute Gasteiger partial charge is 0.465 e. The minimum atomic E-state index is -0.555. The molecule has 35 heavy (non-hydrogen) atoms. The quantitative estimate of drug-likeness (QED) is 0.340. The normalized spacial score (nSPS) is 15.4. The van der Waals surface area contributed by atoms with Gasteiger partial charge in [0, 0.05) is 35.4 Å². The summed E-state index contributed by atoms with van der Waals surface area (Å²) < 4.78 is 4.85. The summed E-state index contributed by atoms with van der Waals surface area (Å²) in [7, 11) is 0. The molecule has 1 atom stereocenters. The van der Waals surface area contributed by atoms with Crippen LogP contribution in [0.4, 0.5) is 0 Å². The minimum Gasteiger partial charge on any atom is -0.465 e. The van der Waals surface area contributed by atoms with E-state index in [0.717, 1.165) is 12.0 Å². The molecule has 1 saturated heterocycles. The lowest BCUT2D eigenvalue weighted by Crippen LogP contribution is -2.45. The number of hydrogen-bond acceptors (Lipinski definition) is 7. The monoisotopic (exact) mass is 497 g/mol. The maximum Gasteiger partial charge on any atom is 0.325 e. The van der Waals surface area contributed by atoms with Gasteiger partial charge in [-0.05, 0) is 49.6 Å². The van der Waals surface area contributed by atoms with E-state index in [1.807, 2.05) is 12.1 Å². The van der Waals surface area contributed by atoms with Crippen LogP contribution in [-0.2, 0) is 20.9 Å². The Hall–Kier alpha value is -3.72. The molecule has 3 N–H and O–H groups in total. The summed E-state index contributed by atoms with van der Waals surface area (Å²) in [5, 5.41) is 9.80. The second kappa shape index (κ2) is 12.7. The van der Waals surface area contributed by atoms with Gasteiger partial charge in [0.1, 0.15) is 18.3 Å². The first kappa shape index (κ1) is 25.9. The fraction of sp³-hybridized carbons (Fsp3) is 0.320. The number of halogens is 1. The van der Waals surface area contributed by atoms with Crippen LogP contribution in [0.5, 0.6) is 0 Å². The van der Waals surface area contributed by atoms with Gasteiger partial charge in [0.15, 0.2) is 0 Å². The van der Waals surface area contributed by atoms with Crippen molar-refractivity contribution in [1.82, 2.24) is 15.5 Å². The predicted octanol–water partition coefficient (Wildman–Crippen LogP) is 3.74. The Bertz CT molecular complexity index is 1100. The standard InChI is InChI=1S/C25H28ClN5O4/c1-2-35-23(32)16-28-15-21(30-27)18-5-3-6-19(13-18)25(34)31-12-4-7-22(31)24(33)29-14-17-8-10-20(26)11-9-17/h3,5-6,8-11,13,15,22,27-28H,2,4,7,12,14,16H2,1H3,(H,29,33)/b21-15-,30-27?/t22-/m0/s1. The number of amides is 2. The first-order valence-corrected chi connectivity index (χ1v) is 11.7. The number of ether oxygens (including phenoxy) is 1. The van der Waals surface area contributed by atoms with Crippen molar-refractivity contribution in [2.75, 3.05) is 19.7 Å². The van der Waals surface area contributed by atoms with E-state index in [4.69, 9.17) is 21.9 Å². The van der Waals surface area contributed by atoms with E-state index >= 15 is 0 Å². The lowest BCUT2D eigenvalue weighted by atomic mass is 10.1. The van der Waals surface area contributed by atoms with Gasteiger partial charge < -0.3 is 20.3 Å². The molecule has 2 aromatic rings. The summed E-state index contributed by atoms with van der Waals surface area (Å²) in [4.78, 5) is 39.2. The molecule has 0 aromatic heterocycles. The molecule has 2 aromatic carbocycles. The Balaban J connectivity index is 1.66. The fourth-order valence-electron chi connectivity index (χ4n) is 3.79. The van der Waals surface area contributed by atoms with Crippen LogP contribution < -0.4 is 10.6 Å². The summed E-state index contributed by atoms with van der Waals surface area (Å²) in [5.74, 6) is -0.891. The third-order valence-electron chi connectivity index (χ3n) is 5.51. The van der Waals surface area contributed by atoms with E-state index in [-0.39, 0.29) is 30.7 Å². The molecule has 3 rings (SSSR count). The number of carbonyl (C=O) groups excluding carboxylic acids is 3. The molecule has 1 aliphatic rings. The molecule has 9 nitrogen and oxygen atoms in total. The number of likely N-dealkylation sites (tertiary alicyclic amines) is 1. The Morgan fingerprint density at radius 3 is 2.66 bits per heavy atom. The molecule has 10 heteroatoms. The van der Waals surface area contributed by atoms with E-state index in [1.165, 1.54) is 6.20 Å². The summed E-state index contributed by atoms with van der Waals surface area (Å²) >= 11 is 5.91. The highest BCUT2D eigenvalue weighted by atomic mass is 35.5. The number of rotatable bonds is 10. The maximum atomic E-state index is 13.3. The molecule has 0 aliphatic carbocycles. The van der Waals surface area contributed by atoms with Crippen molar-refractivity contribution < 1.29 is 19.1 Å². The number of benzene rings is 2. The molecular formula is C25H28ClN5O4. The Kier molecular flexibility index (Phi) is 9.37. The first-order valence-electron chi connectivity index (χ1n) is 11.3. The zero-order valence-corrected chi connectivity index (χ0v) is 20.2. The summed E-state index contributed by atoms with van der Waals surface area (Å²) in [6.07, 6.45) is 2.74. The topological polar surface area (TPSA) is 124 Å². The summed E-state index contributed by atoms with van der Waals surface area (Å²) in [6.45, 7) is 2.76. The van der Waals surface area contributed by atoms with Gasteiger partial charge >= 0.3 is 5.97 Å². The predicted molar refractivity (Wildman–Crippen MR) is 132 cm³/mol. The summed E-state index contributed by atoms with van der Waals surface area (Å²) in [6, 6.07) is 13.4. The smallest absolute Gasteiger partial charge is 0.325 e. The highest BCUT2D eigenvalue weighted by Crippen LogP contribution is 2.23.